The van der Waals surface area contributed by atoms with E-state index in [9.17, 15) is 13.2 Å². The van der Waals surface area contributed by atoms with Crippen molar-refractivity contribution in [2.75, 3.05) is 0 Å². The molecule has 0 fully saturated rings. The van der Waals surface area contributed by atoms with Crippen LogP contribution in [-0.4, -0.2) is 24.2 Å². The van der Waals surface area contributed by atoms with Crippen LogP contribution in [0, 0.1) is 10.6 Å². The molecule has 92 valence electrons. The summed E-state index contributed by atoms with van der Waals surface area (Å²) in [5, 5.41) is 6.57. The number of aromatic amines is 1. The van der Waals surface area contributed by atoms with E-state index in [1.165, 1.54) is 14.8 Å². The topological polar surface area (TPSA) is 28.7 Å². The van der Waals surface area contributed by atoms with E-state index in [4.69, 9.17) is 0 Å². The molecule has 0 aliphatic heterocycles. The normalized spacial score (nSPS) is 13.5. The molecule has 0 aromatic carbocycles. The quantitative estimate of drug-likeness (QED) is 0.494. The second-order valence-corrected chi connectivity index (χ2v) is 4.81. The van der Waals surface area contributed by atoms with E-state index in [-0.39, 0.29) is 11.0 Å². The number of allylic oxidation sites excluding steroid dienone is 2. The molecule has 0 radical (unpaired) electrons. The van der Waals surface area contributed by atoms with E-state index in [1.54, 1.807) is 6.92 Å². The molecule has 1 aromatic rings. The predicted octanol–water partition coefficient (Wildman–Crippen LogP) is 2.81. The smallest absolute Gasteiger partial charge is 0.281 e. The van der Waals surface area contributed by atoms with E-state index in [1.807, 2.05) is 22.6 Å². The number of aromatic nitrogens is 2. The molecule has 0 atom stereocenters. The van der Waals surface area contributed by atoms with Crippen LogP contribution in [0.25, 0.3) is 5.47 Å². The third-order valence-electron chi connectivity index (χ3n) is 2.36. The van der Waals surface area contributed by atoms with E-state index in [0.717, 1.165) is 0 Å². The van der Waals surface area contributed by atoms with Gasteiger partial charge < -0.3 is 0 Å². The van der Waals surface area contributed by atoms with Crippen LogP contribution in [0.1, 0.15) is 18.2 Å². The largest absolute Gasteiger partial charge is 0.416 e. The lowest BCUT2D eigenvalue weighted by molar-refractivity contribution is -0.0885. The van der Waals surface area contributed by atoms with Crippen LogP contribution in [-0.2, 0) is 0 Å². The highest BCUT2D eigenvalue weighted by atomic mass is 127. The first-order chi connectivity index (χ1) is 7.66. The molecule has 0 unspecified atom stereocenters. The fourth-order valence-corrected chi connectivity index (χ4v) is 2.66. The van der Waals surface area contributed by atoms with E-state index >= 15 is 0 Å². The minimum atomic E-state index is -4.40. The molecule has 0 spiro atoms. The first-order valence-electron chi connectivity index (χ1n) is 4.81. The number of nitrogens with zero attached hydrogens (tertiary/aromatic N) is 1. The van der Waals surface area contributed by atoms with Crippen LogP contribution in [0.5, 0.6) is 0 Å². The molecule has 1 rings (SSSR count). The van der Waals surface area contributed by atoms with Crippen molar-refractivity contribution >= 4 is 35.9 Å². The minimum absolute atomic E-state index is 0.00593. The summed E-state index contributed by atoms with van der Waals surface area (Å²) in [6, 6.07) is 0. The fraction of sp³-hybridized carbons (Fsp3) is 0.300. The van der Waals surface area contributed by atoms with Crippen LogP contribution in [0.2, 0.25) is 0 Å². The Labute approximate surface area is 112 Å². The van der Waals surface area contributed by atoms with Gasteiger partial charge in [0.1, 0.15) is 11.5 Å². The molecule has 0 saturated heterocycles. The minimum Gasteiger partial charge on any atom is -0.281 e. The molecule has 1 aromatic heterocycles. The number of rotatable bonds is 2. The summed E-state index contributed by atoms with van der Waals surface area (Å²) in [6.45, 7) is 6.45. The molecule has 0 saturated carbocycles. The first-order valence-corrected chi connectivity index (χ1v) is 5.89. The number of aryl methyl sites for hydroxylation is 1. The number of nitrogens with one attached hydrogen (secondary N) is 1. The van der Waals surface area contributed by atoms with Gasteiger partial charge in [0.25, 0.3) is 0 Å². The Morgan fingerprint density at radius 1 is 1.47 bits per heavy atom. The Kier molecular flexibility index (Phi) is 4.11. The van der Waals surface area contributed by atoms with Gasteiger partial charge in [0.15, 0.2) is 0 Å². The number of hydrogen-bond acceptors (Lipinski definition) is 1. The maximum Gasteiger partial charge on any atom is 0.416 e. The van der Waals surface area contributed by atoms with Gasteiger partial charge in [-0.2, -0.15) is 18.3 Å². The van der Waals surface area contributed by atoms with Gasteiger partial charge in [-0.15, -0.1) is 0 Å². The lowest BCUT2D eigenvalue weighted by Crippen LogP contribution is -2.15. The molecule has 0 amide bonds. The summed E-state index contributed by atoms with van der Waals surface area (Å²) in [5.41, 5.74) is 0.600. The zero-order valence-corrected chi connectivity index (χ0v) is 11.8. The van der Waals surface area contributed by atoms with E-state index in [0.29, 0.717) is 15.0 Å². The Balaban J connectivity index is 3.51. The average molecular weight is 354 g/mol. The molecule has 0 aliphatic carbocycles. The first kappa shape index (κ1) is 14.3. The second kappa shape index (κ2) is 4.87. The standard InChI is InChI=1S/C10H11BF3IN2/c1-4(2)7(10(12,13)14)8(11)6-5(3)16-17-9(6)15/h1,11H2,2-3H3,(H,16,17)/b8-7-. The van der Waals surface area contributed by atoms with Crippen molar-refractivity contribution in [3.8, 4) is 0 Å². The summed E-state index contributed by atoms with van der Waals surface area (Å²) in [4.78, 5) is 0. The summed E-state index contributed by atoms with van der Waals surface area (Å²) >= 11 is 1.91. The molecule has 0 bridgehead atoms. The Bertz CT molecular complexity index is 469. The van der Waals surface area contributed by atoms with Gasteiger partial charge in [0, 0.05) is 11.3 Å². The van der Waals surface area contributed by atoms with E-state index in [2.05, 4.69) is 16.8 Å². The van der Waals surface area contributed by atoms with Gasteiger partial charge in [-0.05, 0) is 42.0 Å². The maximum absolute atomic E-state index is 12.9. The van der Waals surface area contributed by atoms with Gasteiger partial charge in [-0.1, -0.05) is 12.1 Å². The molecule has 17 heavy (non-hydrogen) atoms. The zero-order valence-electron chi connectivity index (χ0n) is 9.67. The third-order valence-corrected chi connectivity index (χ3v) is 3.14. The average Bonchev–Trinajstić information content (AvgIpc) is 2.42. The lowest BCUT2D eigenvalue weighted by atomic mass is 9.82. The summed E-state index contributed by atoms with van der Waals surface area (Å²) < 4.78 is 39.3. The number of H-pyrrole nitrogens is 1. The van der Waals surface area contributed by atoms with Crippen molar-refractivity contribution in [3.05, 3.63) is 32.7 Å². The molecule has 0 aliphatic rings. The highest BCUT2D eigenvalue weighted by molar-refractivity contribution is 14.1. The SMILES string of the molecule is B/C(=C(/C(=C)C)C(F)(F)F)c1c(I)n[nH]c1C. The molecule has 7 heteroatoms. The van der Waals surface area contributed by atoms with Gasteiger partial charge >= 0.3 is 6.18 Å². The van der Waals surface area contributed by atoms with Crippen LogP contribution < -0.4 is 0 Å². The molecular weight excluding hydrogens is 343 g/mol. The van der Waals surface area contributed by atoms with Gasteiger partial charge in [0.05, 0.1) is 5.57 Å². The molecule has 2 nitrogen and oxygen atoms in total. The zero-order chi connectivity index (χ0) is 13.4. The van der Waals surface area contributed by atoms with Crippen molar-refractivity contribution in [2.24, 2.45) is 0 Å². The predicted molar refractivity (Wildman–Crippen MR) is 72.4 cm³/mol. The third kappa shape index (κ3) is 2.94. The van der Waals surface area contributed by atoms with Crippen molar-refractivity contribution < 1.29 is 13.2 Å². The van der Waals surface area contributed by atoms with Gasteiger partial charge in [-0.3, -0.25) is 5.10 Å². The highest BCUT2D eigenvalue weighted by Gasteiger charge is 2.36. The number of hydrogen-bond donors (Lipinski definition) is 1. The van der Waals surface area contributed by atoms with Gasteiger partial charge in [0.2, 0.25) is 0 Å². The van der Waals surface area contributed by atoms with Crippen LogP contribution in [0.4, 0.5) is 13.2 Å². The van der Waals surface area contributed by atoms with E-state index < -0.39 is 11.7 Å². The monoisotopic (exact) mass is 354 g/mol. The Morgan fingerprint density at radius 2 is 2.00 bits per heavy atom. The van der Waals surface area contributed by atoms with Crippen molar-refractivity contribution in [2.45, 2.75) is 20.0 Å². The van der Waals surface area contributed by atoms with Crippen LogP contribution >= 0.6 is 22.6 Å². The summed E-state index contributed by atoms with van der Waals surface area (Å²) in [5.74, 6) is 0. The van der Waals surface area contributed by atoms with Crippen LogP contribution in [0.15, 0.2) is 17.7 Å². The lowest BCUT2D eigenvalue weighted by Gasteiger charge is -2.16. The number of alkyl halides is 3. The van der Waals surface area contributed by atoms with Crippen LogP contribution in [0.3, 0.4) is 0 Å². The van der Waals surface area contributed by atoms with Crippen molar-refractivity contribution in [1.82, 2.24) is 10.2 Å². The van der Waals surface area contributed by atoms with Crippen molar-refractivity contribution in [3.63, 3.8) is 0 Å². The Hall–Kier alpha value is -0.725. The summed E-state index contributed by atoms with van der Waals surface area (Å²) in [6.07, 6.45) is -4.40. The highest BCUT2D eigenvalue weighted by Crippen LogP contribution is 2.36. The van der Waals surface area contributed by atoms with Crippen molar-refractivity contribution in [1.29, 1.82) is 0 Å². The van der Waals surface area contributed by atoms with Gasteiger partial charge in [-0.25, -0.2) is 0 Å². The maximum atomic E-state index is 12.9. The second-order valence-electron chi connectivity index (χ2n) is 3.79. The fourth-order valence-electron chi connectivity index (χ4n) is 1.74. The molecular formula is C10H11BF3IN2. The molecule has 1 heterocycles. The Morgan fingerprint density at radius 3 is 2.29 bits per heavy atom. The number of halogens is 4. The molecule has 1 N–H and O–H groups in total. The summed E-state index contributed by atoms with van der Waals surface area (Å²) in [7, 11) is 1.44.